The minimum atomic E-state index is -0.0933. The zero-order valence-electron chi connectivity index (χ0n) is 12.6. The van der Waals surface area contributed by atoms with Gasteiger partial charge in [0, 0.05) is 11.6 Å². The van der Waals surface area contributed by atoms with Crippen molar-refractivity contribution in [3.8, 4) is 0 Å². The summed E-state index contributed by atoms with van der Waals surface area (Å²) in [6, 6.07) is -0.112. The van der Waals surface area contributed by atoms with E-state index in [-0.39, 0.29) is 23.9 Å². The number of nitrogens with zero attached hydrogens (tertiary/aromatic N) is 1. The number of aromatic nitrogens is 1. The van der Waals surface area contributed by atoms with E-state index in [0.717, 1.165) is 42.7 Å². The quantitative estimate of drug-likeness (QED) is 0.832. The Balaban J connectivity index is 2.03. The van der Waals surface area contributed by atoms with Crippen molar-refractivity contribution in [2.75, 3.05) is 0 Å². The van der Waals surface area contributed by atoms with Crippen LogP contribution in [0.3, 0.4) is 0 Å². The van der Waals surface area contributed by atoms with Crippen molar-refractivity contribution in [2.24, 2.45) is 11.7 Å². The molecular weight excluding hydrogens is 254 g/mol. The molecule has 1 aromatic heterocycles. The van der Waals surface area contributed by atoms with Gasteiger partial charge in [-0.2, -0.15) is 0 Å². The first kappa shape index (κ1) is 15.0. The monoisotopic (exact) mass is 279 g/mol. The lowest BCUT2D eigenvalue weighted by molar-refractivity contribution is -0.126. The minimum Gasteiger partial charge on any atom is -0.361 e. The lowest BCUT2D eigenvalue weighted by Crippen LogP contribution is -2.42. The molecule has 1 heterocycles. The molecule has 1 aromatic rings. The van der Waals surface area contributed by atoms with Crippen molar-refractivity contribution in [3.05, 3.63) is 17.0 Å². The summed E-state index contributed by atoms with van der Waals surface area (Å²) in [7, 11) is 0. The first-order chi connectivity index (χ1) is 9.50. The number of aryl methyl sites for hydroxylation is 2. The molecule has 0 bridgehead atoms. The van der Waals surface area contributed by atoms with Crippen LogP contribution in [0.15, 0.2) is 4.52 Å². The summed E-state index contributed by atoms with van der Waals surface area (Å²) in [5, 5.41) is 7.01. The van der Waals surface area contributed by atoms with Crippen molar-refractivity contribution in [1.29, 1.82) is 0 Å². The van der Waals surface area contributed by atoms with E-state index >= 15 is 0 Å². The zero-order valence-corrected chi connectivity index (χ0v) is 12.6. The molecule has 1 fully saturated rings. The van der Waals surface area contributed by atoms with Crippen LogP contribution in [0.2, 0.25) is 0 Å². The number of nitrogens with two attached hydrogens (primary N) is 1. The molecule has 5 nitrogen and oxygen atoms in total. The van der Waals surface area contributed by atoms with Crippen LogP contribution in [0.1, 0.15) is 62.1 Å². The Bertz CT molecular complexity index is 450. The molecule has 2 rings (SSSR count). The molecule has 0 spiro atoms. The van der Waals surface area contributed by atoms with Crippen molar-refractivity contribution in [1.82, 2.24) is 10.5 Å². The third-order valence-corrected chi connectivity index (χ3v) is 4.29. The maximum absolute atomic E-state index is 12.4. The average Bonchev–Trinajstić information content (AvgIpc) is 2.60. The molecular formula is C15H25N3O2. The largest absolute Gasteiger partial charge is 0.361 e. The van der Waals surface area contributed by atoms with Crippen molar-refractivity contribution < 1.29 is 9.32 Å². The molecule has 20 heavy (non-hydrogen) atoms. The standard InChI is InChI=1S/C15H25N3O2/c1-9(14-10(2)18-20-11(14)3)17-15(19)12-7-5-4-6-8-13(12)16/h9,12-13H,4-8,16H2,1-3H3,(H,17,19). The highest BCUT2D eigenvalue weighted by Crippen LogP contribution is 2.25. The fraction of sp³-hybridized carbons (Fsp3) is 0.733. The van der Waals surface area contributed by atoms with E-state index in [1.54, 1.807) is 0 Å². The molecule has 3 unspecified atom stereocenters. The molecule has 1 aliphatic carbocycles. The molecule has 3 atom stereocenters. The average molecular weight is 279 g/mol. The predicted octanol–water partition coefficient (Wildman–Crippen LogP) is 2.38. The molecule has 0 aromatic carbocycles. The molecule has 1 amide bonds. The number of hydrogen-bond acceptors (Lipinski definition) is 4. The molecule has 0 aliphatic heterocycles. The normalized spacial score (nSPS) is 25.0. The van der Waals surface area contributed by atoms with Gasteiger partial charge in [0.15, 0.2) is 0 Å². The Morgan fingerprint density at radius 2 is 2.05 bits per heavy atom. The first-order valence-corrected chi connectivity index (χ1v) is 7.49. The van der Waals surface area contributed by atoms with E-state index in [2.05, 4.69) is 10.5 Å². The van der Waals surface area contributed by atoms with Crippen LogP contribution in [-0.4, -0.2) is 17.1 Å². The highest BCUT2D eigenvalue weighted by atomic mass is 16.5. The van der Waals surface area contributed by atoms with Crippen LogP contribution < -0.4 is 11.1 Å². The van der Waals surface area contributed by atoms with Gasteiger partial charge in [-0.3, -0.25) is 4.79 Å². The van der Waals surface area contributed by atoms with Crippen LogP contribution >= 0.6 is 0 Å². The van der Waals surface area contributed by atoms with Gasteiger partial charge in [-0.15, -0.1) is 0 Å². The Kier molecular flexibility index (Phi) is 4.81. The first-order valence-electron chi connectivity index (χ1n) is 7.49. The number of amides is 1. The third kappa shape index (κ3) is 3.20. The maximum Gasteiger partial charge on any atom is 0.225 e. The fourth-order valence-corrected chi connectivity index (χ4v) is 3.16. The maximum atomic E-state index is 12.4. The Morgan fingerprint density at radius 3 is 2.70 bits per heavy atom. The van der Waals surface area contributed by atoms with Gasteiger partial charge in [0.2, 0.25) is 5.91 Å². The van der Waals surface area contributed by atoms with Gasteiger partial charge in [0.25, 0.3) is 0 Å². The zero-order chi connectivity index (χ0) is 14.7. The molecule has 112 valence electrons. The third-order valence-electron chi connectivity index (χ3n) is 4.29. The summed E-state index contributed by atoms with van der Waals surface area (Å²) in [5.74, 6) is 0.757. The number of hydrogen-bond donors (Lipinski definition) is 2. The number of carbonyl (C=O) groups excluding carboxylic acids is 1. The minimum absolute atomic E-state index is 0.0191. The summed E-state index contributed by atoms with van der Waals surface area (Å²) >= 11 is 0. The van der Waals surface area contributed by atoms with Crippen molar-refractivity contribution in [2.45, 2.75) is 65.0 Å². The molecule has 0 saturated heterocycles. The van der Waals surface area contributed by atoms with Crippen molar-refractivity contribution in [3.63, 3.8) is 0 Å². The second-order valence-electron chi connectivity index (χ2n) is 5.88. The van der Waals surface area contributed by atoms with Gasteiger partial charge >= 0.3 is 0 Å². The van der Waals surface area contributed by atoms with E-state index in [9.17, 15) is 4.79 Å². The summed E-state index contributed by atoms with van der Waals surface area (Å²) in [6.07, 6.45) is 5.23. The van der Waals surface area contributed by atoms with Crippen LogP contribution in [0.25, 0.3) is 0 Å². The number of nitrogens with one attached hydrogen (secondary N) is 1. The topological polar surface area (TPSA) is 81.2 Å². The highest BCUT2D eigenvalue weighted by Gasteiger charge is 2.29. The highest BCUT2D eigenvalue weighted by molar-refractivity contribution is 5.79. The lowest BCUT2D eigenvalue weighted by Gasteiger charge is -2.23. The van der Waals surface area contributed by atoms with E-state index in [4.69, 9.17) is 10.3 Å². The van der Waals surface area contributed by atoms with E-state index in [1.165, 1.54) is 6.42 Å². The van der Waals surface area contributed by atoms with E-state index < -0.39 is 0 Å². The van der Waals surface area contributed by atoms with Gasteiger partial charge in [-0.05, 0) is 33.6 Å². The van der Waals surface area contributed by atoms with Crippen LogP contribution in [0, 0.1) is 19.8 Å². The second-order valence-corrected chi connectivity index (χ2v) is 5.88. The van der Waals surface area contributed by atoms with E-state index in [0.29, 0.717) is 0 Å². The van der Waals surface area contributed by atoms with Crippen LogP contribution in [0.5, 0.6) is 0 Å². The van der Waals surface area contributed by atoms with Crippen molar-refractivity contribution >= 4 is 5.91 Å². The molecule has 3 N–H and O–H groups in total. The SMILES string of the molecule is Cc1noc(C)c1C(C)NC(=O)C1CCCCCC1N. The molecule has 5 heteroatoms. The summed E-state index contributed by atoms with van der Waals surface area (Å²) in [5.41, 5.74) is 7.95. The van der Waals surface area contributed by atoms with Gasteiger partial charge in [-0.1, -0.05) is 24.4 Å². The molecule has 1 saturated carbocycles. The number of carbonyl (C=O) groups is 1. The Labute approximate surface area is 120 Å². The molecule has 1 aliphatic rings. The van der Waals surface area contributed by atoms with Gasteiger partial charge < -0.3 is 15.6 Å². The Hall–Kier alpha value is -1.36. The number of rotatable bonds is 3. The summed E-state index contributed by atoms with van der Waals surface area (Å²) in [4.78, 5) is 12.4. The summed E-state index contributed by atoms with van der Waals surface area (Å²) < 4.78 is 5.16. The second kappa shape index (κ2) is 6.39. The van der Waals surface area contributed by atoms with Gasteiger partial charge in [-0.25, -0.2) is 0 Å². The lowest BCUT2D eigenvalue weighted by atomic mass is 9.94. The van der Waals surface area contributed by atoms with E-state index in [1.807, 2.05) is 20.8 Å². The van der Waals surface area contributed by atoms with Crippen LogP contribution in [-0.2, 0) is 4.79 Å². The van der Waals surface area contributed by atoms with Gasteiger partial charge in [0.1, 0.15) is 5.76 Å². The molecule has 0 radical (unpaired) electrons. The fourth-order valence-electron chi connectivity index (χ4n) is 3.16. The van der Waals surface area contributed by atoms with Gasteiger partial charge in [0.05, 0.1) is 17.7 Å². The van der Waals surface area contributed by atoms with Crippen LogP contribution in [0.4, 0.5) is 0 Å². The smallest absolute Gasteiger partial charge is 0.225 e. The summed E-state index contributed by atoms with van der Waals surface area (Å²) in [6.45, 7) is 5.73. The Morgan fingerprint density at radius 1 is 1.35 bits per heavy atom. The predicted molar refractivity (Wildman–Crippen MR) is 77.1 cm³/mol.